The van der Waals surface area contributed by atoms with Crippen LogP contribution in [0.5, 0.6) is 11.5 Å². The van der Waals surface area contributed by atoms with Crippen molar-refractivity contribution in [2.75, 3.05) is 0 Å². The van der Waals surface area contributed by atoms with E-state index in [-0.39, 0.29) is 0 Å². The molecule has 0 spiro atoms. The maximum atomic E-state index is 6.08. The third-order valence-electron chi connectivity index (χ3n) is 4.31. The maximum Gasteiger partial charge on any atom is 0.216 e. The first-order valence-electron chi connectivity index (χ1n) is 9.42. The molecular formula is C23H20N4O2S. The van der Waals surface area contributed by atoms with E-state index in [1.807, 2.05) is 78.9 Å². The molecule has 0 saturated carbocycles. The van der Waals surface area contributed by atoms with Crippen molar-refractivity contribution in [3.8, 4) is 11.5 Å². The molecule has 150 valence electrons. The molecule has 0 aliphatic rings. The third-order valence-corrected chi connectivity index (χ3v) is 4.59. The molecule has 0 amide bonds. The van der Waals surface area contributed by atoms with Crippen LogP contribution >= 0.6 is 12.2 Å². The van der Waals surface area contributed by atoms with Gasteiger partial charge in [0.05, 0.1) is 6.21 Å². The van der Waals surface area contributed by atoms with Gasteiger partial charge in [-0.3, -0.25) is 5.10 Å². The highest BCUT2D eigenvalue weighted by Gasteiger charge is 2.08. The van der Waals surface area contributed by atoms with Gasteiger partial charge in [0.15, 0.2) is 11.5 Å². The molecule has 4 aromatic rings. The summed E-state index contributed by atoms with van der Waals surface area (Å²) in [6.07, 6.45) is 3.21. The second kappa shape index (κ2) is 9.67. The first-order valence-corrected chi connectivity index (χ1v) is 9.82. The van der Waals surface area contributed by atoms with Crippen LogP contribution in [0.15, 0.2) is 90.3 Å². The van der Waals surface area contributed by atoms with Crippen molar-refractivity contribution in [3.05, 3.63) is 107 Å². The van der Waals surface area contributed by atoms with Gasteiger partial charge in [-0.1, -0.05) is 60.7 Å². The summed E-state index contributed by atoms with van der Waals surface area (Å²) in [5.41, 5.74) is 3.02. The Hall–Kier alpha value is -3.71. The molecule has 0 fully saturated rings. The van der Waals surface area contributed by atoms with Crippen molar-refractivity contribution in [1.29, 1.82) is 0 Å². The molecule has 0 aliphatic carbocycles. The minimum atomic E-state index is 0.426. The van der Waals surface area contributed by atoms with Gasteiger partial charge in [0.1, 0.15) is 19.5 Å². The molecule has 1 aromatic heterocycles. The van der Waals surface area contributed by atoms with Crippen molar-refractivity contribution in [1.82, 2.24) is 14.9 Å². The molecule has 0 unspecified atom stereocenters. The summed E-state index contributed by atoms with van der Waals surface area (Å²) < 4.78 is 14.0. The molecular weight excluding hydrogens is 396 g/mol. The zero-order chi connectivity index (χ0) is 20.6. The van der Waals surface area contributed by atoms with E-state index < -0.39 is 0 Å². The molecule has 7 heteroatoms. The van der Waals surface area contributed by atoms with Crippen molar-refractivity contribution in [3.63, 3.8) is 0 Å². The number of hydrogen-bond donors (Lipinski definition) is 1. The smallest absolute Gasteiger partial charge is 0.216 e. The van der Waals surface area contributed by atoms with E-state index in [0.29, 0.717) is 29.5 Å². The van der Waals surface area contributed by atoms with Gasteiger partial charge in [-0.25, -0.2) is 0 Å². The summed E-state index contributed by atoms with van der Waals surface area (Å²) in [5.74, 6) is 1.32. The lowest BCUT2D eigenvalue weighted by atomic mass is 10.2. The van der Waals surface area contributed by atoms with E-state index in [2.05, 4.69) is 15.3 Å². The summed E-state index contributed by atoms with van der Waals surface area (Å²) in [6, 6.07) is 25.7. The summed E-state index contributed by atoms with van der Waals surface area (Å²) in [7, 11) is 0. The highest BCUT2D eigenvalue weighted by atomic mass is 32.1. The monoisotopic (exact) mass is 416 g/mol. The first kappa shape index (κ1) is 19.6. The Bertz CT molecular complexity index is 1170. The van der Waals surface area contributed by atoms with E-state index >= 15 is 0 Å². The minimum Gasteiger partial charge on any atom is -0.485 e. The van der Waals surface area contributed by atoms with Gasteiger partial charge < -0.3 is 9.47 Å². The highest BCUT2D eigenvalue weighted by Crippen LogP contribution is 2.29. The molecule has 4 rings (SSSR count). The quantitative estimate of drug-likeness (QED) is 0.325. The molecule has 0 radical (unpaired) electrons. The van der Waals surface area contributed by atoms with Gasteiger partial charge in [0, 0.05) is 0 Å². The average Bonchev–Trinajstić information content (AvgIpc) is 3.21. The van der Waals surface area contributed by atoms with Crippen LogP contribution in [0.1, 0.15) is 16.7 Å². The summed E-state index contributed by atoms with van der Waals surface area (Å²) in [4.78, 5) is 0. The van der Waals surface area contributed by atoms with Crippen molar-refractivity contribution in [2.45, 2.75) is 13.2 Å². The number of ether oxygens (including phenoxy) is 2. The Morgan fingerprint density at radius 3 is 2.10 bits per heavy atom. The number of H-pyrrole nitrogens is 1. The number of aromatic amines is 1. The Morgan fingerprint density at radius 2 is 1.50 bits per heavy atom. The van der Waals surface area contributed by atoms with E-state index in [9.17, 15) is 0 Å². The summed E-state index contributed by atoms with van der Waals surface area (Å²) in [5, 5.41) is 10.8. The lowest BCUT2D eigenvalue weighted by Gasteiger charge is -2.14. The Labute approximate surface area is 179 Å². The number of nitrogens with zero attached hydrogens (tertiary/aromatic N) is 3. The second-order valence-corrected chi connectivity index (χ2v) is 6.89. The fourth-order valence-electron chi connectivity index (χ4n) is 2.76. The third kappa shape index (κ3) is 5.21. The van der Waals surface area contributed by atoms with Crippen LogP contribution in [-0.4, -0.2) is 21.1 Å². The van der Waals surface area contributed by atoms with Crippen LogP contribution in [0, 0.1) is 4.77 Å². The zero-order valence-corrected chi connectivity index (χ0v) is 17.0. The Kier molecular flexibility index (Phi) is 6.31. The molecule has 0 aliphatic heterocycles. The van der Waals surface area contributed by atoms with E-state index in [1.54, 1.807) is 6.21 Å². The normalized spacial score (nSPS) is 10.9. The highest BCUT2D eigenvalue weighted by molar-refractivity contribution is 7.71. The fraction of sp³-hybridized carbons (Fsp3) is 0.0870. The van der Waals surface area contributed by atoms with Crippen molar-refractivity contribution in [2.24, 2.45) is 5.10 Å². The van der Waals surface area contributed by atoms with Gasteiger partial charge in [-0.05, 0) is 47.1 Å². The zero-order valence-electron chi connectivity index (χ0n) is 16.1. The van der Waals surface area contributed by atoms with Crippen LogP contribution < -0.4 is 9.47 Å². The lowest BCUT2D eigenvalue weighted by Crippen LogP contribution is -2.01. The minimum absolute atomic E-state index is 0.426. The molecule has 0 saturated heterocycles. The van der Waals surface area contributed by atoms with E-state index in [1.165, 1.54) is 11.0 Å². The van der Waals surface area contributed by atoms with Crippen LogP contribution in [0.4, 0.5) is 0 Å². The van der Waals surface area contributed by atoms with Gasteiger partial charge in [-0.15, -0.1) is 0 Å². The maximum absolute atomic E-state index is 6.08. The number of benzene rings is 3. The van der Waals surface area contributed by atoms with Crippen molar-refractivity contribution >= 4 is 18.4 Å². The molecule has 30 heavy (non-hydrogen) atoms. The molecule has 6 nitrogen and oxygen atoms in total. The fourth-order valence-corrected chi connectivity index (χ4v) is 2.91. The lowest BCUT2D eigenvalue weighted by molar-refractivity contribution is 0.256. The number of nitrogens with one attached hydrogen (secondary N) is 1. The molecule has 0 bridgehead atoms. The van der Waals surface area contributed by atoms with Crippen LogP contribution in [0.2, 0.25) is 0 Å². The predicted octanol–water partition coefficient (Wildman–Crippen LogP) is 4.98. The summed E-state index contributed by atoms with van der Waals surface area (Å²) >= 11 is 5.11. The average molecular weight is 417 g/mol. The molecule has 0 atom stereocenters. The summed E-state index contributed by atoms with van der Waals surface area (Å²) in [6.45, 7) is 0.899. The van der Waals surface area contributed by atoms with Crippen LogP contribution in [0.3, 0.4) is 0 Å². The van der Waals surface area contributed by atoms with Gasteiger partial charge in [0.25, 0.3) is 0 Å². The standard InChI is InChI=1S/C23H20N4O2S/c30-23-26-24-17-27(23)25-14-20-11-12-21(28-15-18-7-3-1-4-8-18)22(13-20)29-16-19-9-5-2-6-10-19/h1-14,17H,15-16H2,(H,26,30)/b25-14-. The Balaban J connectivity index is 1.55. The van der Waals surface area contributed by atoms with Gasteiger partial charge in [0.2, 0.25) is 4.77 Å². The van der Waals surface area contributed by atoms with Gasteiger partial charge >= 0.3 is 0 Å². The molecule has 1 heterocycles. The SMILES string of the molecule is S=c1[nH]ncn1/N=C\c1ccc(OCc2ccccc2)c(OCc2ccccc2)c1. The number of hydrogen-bond acceptors (Lipinski definition) is 5. The predicted molar refractivity (Wildman–Crippen MR) is 118 cm³/mol. The van der Waals surface area contributed by atoms with Crippen LogP contribution in [-0.2, 0) is 13.2 Å². The Morgan fingerprint density at radius 1 is 0.867 bits per heavy atom. The van der Waals surface area contributed by atoms with E-state index in [4.69, 9.17) is 21.7 Å². The van der Waals surface area contributed by atoms with Crippen LogP contribution in [0.25, 0.3) is 0 Å². The number of aromatic nitrogens is 3. The second-order valence-electron chi connectivity index (χ2n) is 6.51. The largest absolute Gasteiger partial charge is 0.485 e. The van der Waals surface area contributed by atoms with E-state index in [0.717, 1.165) is 16.7 Å². The van der Waals surface area contributed by atoms with Gasteiger partial charge in [-0.2, -0.15) is 14.9 Å². The molecule has 1 N–H and O–H groups in total. The molecule has 3 aromatic carbocycles. The first-order chi connectivity index (χ1) is 14.8. The number of rotatable bonds is 8. The topological polar surface area (TPSA) is 64.4 Å². The van der Waals surface area contributed by atoms with Crippen molar-refractivity contribution < 1.29 is 9.47 Å².